The van der Waals surface area contributed by atoms with Crippen molar-refractivity contribution in [1.29, 1.82) is 0 Å². The van der Waals surface area contributed by atoms with Gasteiger partial charge in [-0.25, -0.2) is 9.10 Å². The van der Waals surface area contributed by atoms with Crippen molar-refractivity contribution in [3.05, 3.63) is 12.2 Å². The number of carbonyl (C=O) groups is 3. The van der Waals surface area contributed by atoms with E-state index in [9.17, 15) is 22.8 Å². The maximum Gasteiger partial charge on any atom is 1.00 e. The molecule has 1 heterocycles. The average Bonchev–Trinajstić information content (AvgIpc) is 2.26. The minimum absolute atomic E-state index is 0. The van der Waals surface area contributed by atoms with Crippen LogP contribution in [0, 0.1) is 0 Å². The molecule has 23 heavy (non-hydrogen) atoms. The fourth-order valence-electron chi connectivity index (χ4n) is 1.72. The van der Waals surface area contributed by atoms with Crippen LogP contribution in [0.1, 0.15) is 22.2 Å². The monoisotopic (exact) mass is 359 g/mol. The van der Waals surface area contributed by atoms with Crippen molar-refractivity contribution in [2.75, 3.05) is 0 Å². The second kappa shape index (κ2) is 7.62. The molecule has 0 radical (unpaired) electrons. The van der Waals surface area contributed by atoms with Gasteiger partial charge in [-0.3, -0.25) is 14.1 Å². The van der Waals surface area contributed by atoms with Crippen molar-refractivity contribution in [3.63, 3.8) is 0 Å². The quantitative estimate of drug-likeness (QED) is 0.200. The number of nitrogens with one attached hydrogen (secondary N) is 1. The third kappa shape index (κ3) is 6.11. The molecule has 0 aromatic heterocycles. The zero-order valence-electron chi connectivity index (χ0n) is 14.1. The Hall–Kier alpha value is -1.14. The molecular formula is C11H18N3NaO7S. The van der Waals surface area contributed by atoms with Crippen LogP contribution in [0.2, 0.25) is 0 Å². The number of rotatable bonds is 4. The Labute approximate surface area is 157 Å². The maximum absolute atomic E-state index is 11.7. The number of amides is 3. The topological polar surface area (TPSA) is 156 Å². The summed E-state index contributed by atoms with van der Waals surface area (Å²) in [6, 6.07) is -2.57. The number of carbonyl (C=O) groups excluding carboxylic acids is 3. The van der Waals surface area contributed by atoms with Gasteiger partial charge in [0.15, 0.2) is 0 Å². The zero-order chi connectivity index (χ0) is 17.3. The number of alkyl carbamates (subject to hydrolysis) is 1. The second-order valence-electron chi connectivity index (χ2n) is 5.49. The van der Waals surface area contributed by atoms with E-state index in [0.29, 0.717) is 0 Å². The van der Waals surface area contributed by atoms with Crippen LogP contribution in [0.5, 0.6) is 0 Å². The van der Waals surface area contributed by atoms with E-state index >= 15 is 0 Å². The largest absolute Gasteiger partial charge is 1.00 e. The maximum atomic E-state index is 11.7. The molecule has 1 rings (SSSR count). The van der Waals surface area contributed by atoms with Gasteiger partial charge in [-0.05, 0) is 20.8 Å². The molecule has 0 aliphatic carbocycles. The van der Waals surface area contributed by atoms with Gasteiger partial charge in [0.2, 0.25) is 5.91 Å². The summed E-state index contributed by atoms with van der Waals surface area (Å²) < 4.78 is 36.2. The molecule has 1 aliphatic rings. The van der Waals surface area contributed by atoms with E-state index in [2.05, 4.69) is 5.32 Å². The van der Waals surface area contributed by atoms with Gasteiger partial charge in [-0.15, -0.1) is 0 Å². The summed E-state index contributed by atoms with van der Waals surface area (Å²) in [7, 11) is -4.83. The van der Waals surface area contributed by atoms with E-state index in [1.807, 2.05) is 0 Å². The van der Waals surface area contributed by atoms with Gasteiger partial charge in [0.25, 0.3) is 5.91 Å². The summed E-state index contributed by atoms with van der Waals surface area (Å²) in [5, 5.41) is 2.17. The molecule has 126 valence electrons. The Bertz CT molecular complexity index is 632. The Morgan fingerprint density at radius 1 is 1.43 bits per heavy atom. The third-order valence-corrected chi connectivity index (χ3v) is 3.39. The van der Waals surface area contributed by atoms with Gasteiger partial charge in [0.05, 0.1) is 6.04 Å². The SMILES string of the molecule is CC(C)(C)OC(=O)N[C@H]1C(=O)N(S(=O)(=O)O)[C@@H]1C=CC(N)=O.[H-].[Na+]. The van der Waals surface area contributed by atoms with Crippen LogP contribution in [-0.4, -0.2) is 52.9 Å². The number of hydrogen-bond acceptors (Lipinski definition) is 6. The second-order valence-corrected chi connectivity index (χ2v) is 6.78. The Balaban J connectivity index is 0. The Morgan fingerprint density at radius 3 is 2.35 bits per heavy atom. The van der Waals surface area contributed by atoms with Gasteiger partial charge in [0.1, 0.15) is 11.6 Å². The summed E-state index contributed by atoms with van der Waals surface area (Å²) in [4.78, 5) is 34.1. The molecule has 0 bridgehead atoms. The molecule has 0 unspecified atom stereocenters. The average molecular weight is 359 g/mol. The van der Waals surface area contributed by atoms with E-state index in [-0.39, 0.29) is 35.3 Å². The standard InChI is InChI=1S/C11H17N3O7S.Na.H/c1-11(2,3)21-10(17)13-8-6(4-5-7(12)15)14(9(8)16)22(18,19)20;;/h4-6,8H,1-3H3,(H2,12,15)(H,13,17)(H,18,19,20);;/q;+1;-1/t6-,8-;;/m1../s1. The van der Waals surface area contributed by atoms with Crippen LogP contribution >= 0.6 is 0 Å². The predicted octanol–water partition coefficient (Wildman–Crippen LogP) is -3.95. The van der Waals surface area contributed by atoms with Crippen LogP contribution in [-0.2, 0) is 24.6 Å². The first-order chi connectivity index (χ1) is 9.83. The van der Waals surface area contributed by atoms with Crippen LogP contribution in [0.25, 0.3) is 0 Å². The minimum atomic E-state index is -4.83. The molecule has 2 atom stereocenters. The van der Waals surface area contributed by atoms with E-state index in [0.717, 1.165) is 12.2 Å². The number of β-lactam (4-membered cyclic amide) rings is 1. The van der Waals surface area contributed by atoms with Crippen molar-refractivity contribution in [3.8, 4) is 0 Å². The molecule has 0 spiro atoms. The Morgan fingerprint density at radius 2 is 1.96 bits per heavy atom. The number of primary amides is 1. The fourth-order valence-corrected chi connectivity index (χ4v) is 2.56. The van der Waals surface area contributed by atoms with Crippen molar-refractivity contribution < 1.29 is 63.1 Å². The van der Waals surface area contributed by atoms with Crippen LogP contribution < -0.4 is 40.6 Å². The molecule has 10 nitrogen and oxygen atoms in total. The van der Waals surface area contributed by atoms with Crippen LogP contribution in [0.4, 0.5) is 4.79 Å². The summed E-state index contributed by atoms with van der Waals surface area (Å²) in [5.74, 6) is -1.95. The van der Waals surface area contributed by atoms with E-state index in [4.69, 9.17) is 15.0 Å². The smallest absolute Gasteiger partial charge is 1.00 e. The molecule has 1 aliphatic heterocycles. The summed E-state index contributed by atoms with van der Waals surface area (Å²) in [6.07, 6.45) is 0.858. The molecule has 12 heteroatoms. The van der Waals surface area contributed by atoms with Gasteiger partial charge < -0.3 is 17.2 Å². The van der Waals surface area contributed by atoms with Gasteiger partial charge in [0, 0.05) is 6.08 Å². The number of hydrogen-bond donors (Lipinski definition) is 3. The summed E-state index contributed by atoms with van der Waals surface area (Å²) >= 11 is 0. The first kappa shape index (κ1) is 21.9. The van der Waals surface area contributed by atoms with Gasteiger partial charge >= 0.3 is 46.0 Å². The number of nitrogens with zero attached hydrogens (tertiary/aromatic N) is 1. The number of nitrogens with two attached hydrogens (primary N) is 1. The first-order valence-corrected chi connectivity index (χ1v) is 7.50. The number of ether oxygens (including phenoxy) is 1. The molecule has 1 fully saturated rings. The normalized spacial score (nSPS) is 21.4. The van der Waals surface area contributed by atoms with Crippen LogP contribution in [0.15, 0.2) is 12.2 Å². The van der Waals surface area contributed by atoms with E-state index in [1.54, 1.807) is 20.8 Å². The van der Waals surface area contributed by atoms with E-state index < -0.39 is 45.9 Å². The van der Waals surface area contributed by atoms with Gasteiger partial charge in [-0.2, -0.15) is 8.42 Å². The molecule has 4 N–H and O–H groups in total. The summed E-state index contributed by atoms with van der Waals surface area (Å²) in [6.45, 7) is 4.80. The molecule has 0 aromatic rings. The van der Waals surface area contributed by atoms with E-state index in [1.165, 1.54) is 0 Å². The summed E-state index contributed by atoms with van der Waals surface area (Å²) in [5.41, 5.74) is 4.06. The molecule has 0 saturated carbocycles. The Kier molecular flexibility index (Phi) is 7.24. The molecule has 1 saturated heterocycles. The predicted molar refractivity (Wildman–Crippen MR) is 74.8 cm³/mol. The zero-order valence-corrected chi connectivity index (χ0v) is 16.0. The molecular weight excluding hydrogens is 341 g/mol. The van der Waals surface area contributed by atoms with Crippen molar-refractivity contribution in [2.24, 2.45) is 5.73 Å². The fraction of sp³-hybridized carbons (Fsp3) is 0.545. The van der Waals surface area contributed by atoms with Crippen molar-refractivity contribution in [1.82, 2.24) is 9.62 Å². The van der Waals surface area contributed by atoms with Gasteiger partial charge in [-0.1, -0.05) is 6.08 Å². The molecule has 3 amide bonds. The van der Waals surface area contributed by atoms with Crippen molar-refractivity contribution in [2.45, 2.75) is 38.5 Å². The third-order valence-electron chi connectivity index (χ3n) is 2.47. The molecule has 0 aromatic carbocycles. The van der Waals surface area contributed by atoms with Crippen LogP contribution in [0.3, 0.4) is 0 Å². The minimum Gasteiger partial charge on any atom is -1.00 e. The van der Waals surface area contributed by atoms with Crippen molar-refractivity contribution >= 4 is 28.2 Å². The first-order valence-electron chi connectivity index (χ1n) is 6.11.